The Balaban J connectivity index is 2.04. The molecule has 0 aliphatic rings. The van der Waals surface area contributed by atoms with E-state index in [2.05, 4.69) is 4.98 Å². The lowest BCUT2D eigenvalue weighted by atomic mass is 10.2. The Hall–Kier alpha value is -2.43. The lowest BCUT2D eigenvalue weighted by Crippen LogP contribution is -1.97. The van der Waals surface area contributed by atoms with Gasteiger partial charge in [0.2, 0.25) is 0 Å². The van der Waals surface area contributed by atoms with Gasteiger partial charge in [-0.05, 0) is 15.5 Å². The van der Waals surface area contributed by atoms with Crippen molar-refractivity contribution in [1.82, 2.24) is 4.98 Å². The number of ether oxygens (including phenoxy) is 1. The summed E-state index contributed by atoms with van der Waals surface area (Å²) >= 11 is 0. The molecule has 2 rings (SSSR count). The van der Waals surface area contributed by atoms with Gasteiger partial charge in [0.05, 0.1) is 6.07 Å². The van der Waals surface area contributed by atoms with Crippen molar-refractivity contribution < 1.29 is 9.66 Å². The van der Waals surface area contributed by atoms with Crippen LogP contribution >= 0.6 is 0 Å². The van der Waals surface area contributed by atoms with Crippen LogP contribution in [0.3, 0.4) is 0 Å². The molecule has 0 aliphatic heterocycles. The van der Waals surface area contributed by atoms with E-state index in [1.807, 2.05) is 30.3 Å². The Kier molecular flexibility index (Phi) is 3.30. The van der Waals surface area contributed by atoms with E-state index < -0.39 is 4.92 Å². The molecule has 0 radical (unpaired) electrons. The molecule has 0 fully saturated rings. The second-order valence-electron chi connectivity index (χ2n) is 3.38. The zero-order valence-electron chi connectivity index (χ0n) is 8.95. The lowest BCUT2D eigenvalue weighted by molar-refractivity contribution is -0.389. The number of rotatable bonds is 4. The molecule has 0 amide bonds. The molecule has 0 atom stereocenters. The standard InChI is InChI=1S/C12H10N2O3/c15-14(16)12-8-11(6-7-13-12)17-9-10-4-2-1-3-5-10/h1-8H,9H2. The summed E-state index contributed by atoms with van der Waals surface area (Å²) in [5.74, 6) is 0.228. The Labute approximate surface area is 97.8 Å². The van der Waals surface area contributed by atoms with Crippen molar-refractivity contribution in [3.8, 4) is 5.75 Å². The number of nitrogens with zero attached hydrogens (tertiary/aromatic N) is 2. The summed E-state index contributed by atoms with van der Waals surface area (Å²) < 4.78 is 5.44. The number of pyridine rings is 1. The average Bonchev–Trinajstić information content (AvgIpc) is 2.38. The summed E-state index contributed by atoms with van der Waals surface area (Å²) in [6, 6.07) is 12.5. The highest BCUT2D eigenvalue weighted by molar-refractivity contribution is 5.30. The second kappa shape index (κ2) is 5.07. The predicted octanol–water partition coefficient (Wildman–Crippen LogP) is 2.57. The molecular formula is C12H10N2O3. The fourth-order valence-electron chi connectivity index (χ4n) is 1.33. The van der Waals surface area contributed by atoms with E-state index in [9.17, 15) is 10.1 Å². The van der Waals surface area contributed by atoms with Crippen LogP contribution in [0.15, 0.2) is 48.7 Å². The second-order valence-corrected chi connectivity index (χ2v) is 3.38. The number of aromatic nitrogens is 1. The van der Waals surface area contributed by atoms with Crippen molar-refractivity contribution in [2.75, 3.05) is 0 Å². The highest BCUT2D eigenvalue weighted by Gasteiger charge is 2.07. The summed E-state index contributed by atoms with van der Waals surface area (Å²) in [6.45, 7) is 0.377. The third-order valence-corrected chi connectivity index (χ3v) is 2.15. The van der Waals surface area contributed by atoms with Crippen LogP contribution in [0.25, 0.3) is 0 Å². The van der Waals surface area contributed by atoms with Gasteiger partial charge in [-0.15, -0.1) is 0 Å². The van der Waals surface area contributed by atoms with Crippen LogP contribution in [0, 0.1) is 10.1 Å². The molecule has 17 heavy (non-hydrogen) atoms. The molecule has 1 aromatic heterocycles. The van der Waals surface area contributed by atoms with Gasteiger partial charge in [0.25, 0.3) is 0 Å². The van der Waals surface area contributed by atoms with E-state index in [1.54, 1.807) is 6.07 Å². The Morgan fingerprint density at radius 3 is 2.71 bits per heavy atom. The first kappa shape index (κ1) is 11.1. The lowest BCUT2D eigenvalue weighted by Gasteiger charge is -2.04. The smallest absolute Gasteiger partial charge is 0.367 e. The molecule has 2 aromatic rings. The van der Waals surface area contributed by atoms with Crippen LogP contribution < -0.4 is 4.74 Å². The van der Waals surface area contributed by atoms with E-state index in [0.29, 0.717) is 12.4 Å². The molecule has 1 heterocycles. The Morgan fingerprint density at radius 1 is 1.24 bits per heavy atom. The molecule has 0 N–H and O–H groups in total. The third kappa shape index (κ3) is 3.01. The van der Waals surface area contributed by atoms with Crippen LogP contribution in [0.5, 0.6) is 5.75 Å². The molecule has 0 saturated carbocycles. The molecule has 0 bridgehead atoms. The van der Waals surface area contributed by atoms with Gasteiger partial charge in [-0.2, -0.15) is 0 Å². The van der Waals surface area contributed by atoms with Gasteiger partial charge in [-0.3, -0.25) is 0 Å². The summed E-state index contributed by atoms with van der Waals surface area (Å²) in [4.78, 5) is 13.6. The Bertz CT molecular complexity index is 514. The first-order valence-corrected chi connectivity index (χ1v) is 5.03. The maximum absolute atomic E-state index is 10.5. The number of benzene rings is 1. The van der Waals surface area contributed by atoms with Crippen molar-refractivity contribution in [1.29, 1.82) is 0 Å². The summed E-state index contributed by atoms with van der Waals surface area (Å²) in [6.07, 6.45) is 1.36. The third-order valence-electron chi connectivity index (χ3n) is 2.15. The quantitative estimate of drug-likeness (QED) is 0.598. The maximum atomic E-state index is 10.5. The fourth-order valence-corrected chi connectivity index (χ4v) is 1.33. The van der Waals surface area contributed by atoms with E-state index in [0.717, 1.165) is 5.56 Å². The highest BCUT2D eigenvalue weighted by Crippen LogP contribution is 2.17. The highest BCUT2D eigenvalue weighted by atomic mass is 16.6. The van der Waals surface area contributed by atoms with Crippen molar-refractivity contribution in [3.63, 3.8) is 0 Å². The molecule has 0 spiro atoms. The zero-order valence-corrected chi connectivity index (χ0v) is 8.95. The van der Waals surface area contributed by atoms with E-state index in [1.165, 1.54) is 12.3 Å². The normalized spacial score (nSPS) is 9.88. The van der Waals surface area contributed by atoms with Gasteiger partial charge in [0.1, 0.15) is 18.6 Å². The summed E-state index contributed by atoms with van der Waals surface area (Å²) in [5, 5.41) is 10.5. The van der Waals surface area contributed by atoms with Gasteiger partial charge in [0, 0.05) is 6.07 Å². The van der Waals surface area contributed by atoms with Crippen LogP contribution in [-0.4, -0.2) is 9.91 Å². The molecular weight excluding hydrogens is 220 g/mol. The van der Waals surface area contributed by atoms with E-state index in [4.69, 9.17) is 4.74 Å². The van der Waals surface area contributed by atoms with Gasteiger partial charge in [0.15, 0.2) is 0 Å². The molecule has 0 unspecified atom stereocenters. The van der Waals surface area contributed by atoms with Gasteiger partial charge in [-0.1, -0.05) is 30.3 Å². The van der Waals surface area contributed by atoms with Crippen molar-refractivity contribution >= 4 is 5.82 Å². The minimum absolute atomic E-state index is 0.212. The average molecular weight is 230 g/mol. The molecule has 86 valence electrons. The van der Waals surface area contributed by atoms with Gasteiger partial charge < -0.3 is 14.9 Å². The molecule has 5 nitrogen and oxygen atoms in total. The van der Waals surface area contributed by atoms with E-state index in [-0.39, 0.29) is 5.82 Å². The minimum atomic E-state index is -0.546. The first-order chi connectivity index (χ1) is 8.25. The summed E-state index contributed by atoms with van der Waals surface area (Å²) in [7, 11) is 0. The zero-order chi connectivity index (χ0) is 12.1. The fraction of sp³-hybridized carbons (Fsp3) is 0.0833. The number of nitro groups is 1. The van der Waals surface area contributed by atoms with Crippen molar-refractivity contribution in [2.45, 2.75) is 6.61 Å². The largest absolute Gasteiger partial charge is 0.488 e. The topological polar surface area (TPSA) is 65.3 Å². The van der Waals surface area contributed by atoms with Crippen LogP contribution in [0.4, 0.5) is 5.82 Å². The Morgan fingerprint density at radius 2 is 2.00 bits per heavy atom. The minimum Gasteiger partial charge on any atom is -0.488 e. The molecule has 5 heteroatoms. The van der Waals surface area contributed by atoms with Gasteiger partial charge in [-0.25, -0.2) is 0 Å². The van der Waals surface area contributed by atoms with Crippen LogP contribution in [0.1, 0.15) is 5.56 Å². The molecule has 1 aromatic carbocycles. The van der Waals surface area contributed by atoms with Crippen LogP contribution in [0.2, 0.25) is 0 Å². The van der Waals surface area contributed by atoms with Gasteiger partial charge >= 0.3 is 5.82 Å². The summed E-state index contributed by atoms with van der Waals surface area (Å²) in [5.41, 5.74) is 1.01. The molecule has 0 saturated heterocycles. The first-order valence-electron chi connectivity index (χ1n) is 5.03. The number of hydrogen-bond donors (Lipinski definition) is 0. The van der Waals surface area contributed by atoms with Crippen molar-refractivity contribution in [3.05, 3.63) is 64.3 Å². The SMILES string of the molecule is O=[N+]([O-])c1cc(OCc2ccccc2)ccn1. The number of hydrogen-bond acceptors (Lipinski definition) is 4. The van der Waals surface area contributed by atoms with Crippen molar-refractivity contribution in [2.24, 2.45) is 0 Å². The predicted molar refractivity (Wildman–Crippen MR) is 61.7 cm³/mol. The van der Waals surface area contributed by atoms with E-state index >= 15 is 0 Å². The van der Waals surface area contributed by atoms with Crippen LogP contribution in [-0.2, 0) is 6.61 Å². The molecule has 0 aliphatic carbocycles. The monoisotopic (exact) mass is 230 g/mol. The maximum Gasteiger partial charge on any atom is 0.367 e.